The maximum Gasteiger partial charge on any atom is 0.319 e. The molecule has 0 spiro atoms. The van der Waals surface area contributed by atoms with Gasteiger partial charge in [-0.25, -0.2) is 9.78 Å². The number of carbonyl (C=O) groups excluding carboxylic acids is 2. The number of halogens is 1. The van der Waals surface area contributed by atoms with Gasteiger partial charge in [0.15, 0.2) is 0 Å². The standard InChI is InChI=1S/C18H23FN4O2/c19-16-4-3-15-14(20-16)7-12-23(15)17(24)13-5-10-22(11-6-13)18(25)21-8-1-2-9-21/h3-4,13H,1-2,5-12H2. The molecule has 0 atom stereocenters. The van der Waals surface area contributed by atoms with Gasteiger partial charge in [-0.15, -0.1) is 0 Å². The maximum atomic E-state index is 13.2. The third-order valence-electron chi connectivity index (χ3n) is 5.54. The highest BCUT2D eigenvalue weighted by Crippen LogP contribution is 2.30. The Bertz CT molecular complexity index is 682. The van der Waals surface area contributed by atoms with Gasteiger partial charge in [0.1, 0.15) is 0 Å². The average molecular weight is 346 g/mol. The van der Waals surface area contributed by atoms with Crippen LogP contribution < -0.4 is 4.90 Å². The van der Waals surface area contributed by atoms with E-state index < -0.39 is 5.95 Å². The third-order valence-corrected chi connectivity index (χ3v) is 5.54. The minimum absolute atomic E-state index is 0.0707. The number of nitrogens with zero attached hydrogens (tertiary/aromatic N) is 4. The fourth-order valence-electron chi connectivity index (χ4n) is 4.11. The van der Waals surface area contributed by atoms with Crippen molar-refractivity contribution in [2.45, 2.75) is 32.1 Å². The Kier molecular flexibility index (Phi) is 4.31. The lowest BCUT2D eigenvalue weighted by molar-refractivity contribution is -0.123. The first kappa shape index (κ1) is 16.3. The van der Waals surface area contributed by atoms with E-state index in [0.29, 0.717) is 44.6 Å². The van der Waals surface area contributed by atoms with Gasteiger partial charge >= 0.3 is 6.03 Å². The normalized spacial score (nSPS) is 20.9. The van der Waals surface area contributed by atoms with Crippen LogP contribution in [0.4, 0.5) is 14.9 Å². The molecule has 0 N–H and O–H groups in total. The maximum absolute atomic E-state index is 13.2. The molecule has 3 amide bonds. The Morgan fingerprint density at radius 2 is 1.68 bits per heavy atom. The molecule has 6 nitrogen and oxygen atoms in total. The van der Waals surface area contributed by atoms with Crippen LogP contribution in [0.3, 0.4) is 0 Å². The molecule has 3 aliphatic rings. The monoisotopic (exact) mass is 346 g/mol. The summed E-state index contributed by atoms with van der Waals surface area (Å²) in [4.78, 5) is 34.7. The first-order valence-corrected chi connectivity index (χ1v) is 9.14. The lowest BCUT2D eigenvalue weighted by Crippen LogP contribution is -2.48. The molecule has 0 radical (unpaired) electrons. The first-order valence-electron chi connectivity index (χ1n) is 9.14. The minimum atomic E-state index is -0.498. The average Bonchev–Trinajstić information content (AvgIpc) is 3.30. The molecule has 4 heterocycles. The van der Waals surface area contributed by atoms with Crippen LogP contribution >= 0.6 is 0 Å². The molecule has 134 valence electrons. The molecule has 2 saturated heterocycles. The van der Waals surface area contributed by atoms with Crippen LogP contribution in [0, 0.1) is 11.9 Å². The third kappa shape index (κ3) is 3.07. The predicted molar refractivity (Wildman–Crippen MR) is 90.8 cm³/mol. The second-order valence-electron chi connectivity index (χ2n) is 7.08. The van der Waals surface area contributed by atoms with Crippen molar-refractivity contribution >= 4 is 17.6 Å². The quantitative estimate of drug-likeness (QED) is 0.731. The largest absolute Gasteiger partial charge is 0.325 e. The highest BCUT2D eigenvalue weighted by molar-refractivity contribution is 5.96. The van der Waals surface area contributed by atoms with Gasteiger partial charge in [0, 0.05) is 45.1 Å². The molecular formula is C18H23FN4O2. The molecule has 0 unspecified atom stereocenters. The van der Waals surface area contributed by atoms with Crippen LogP contribution in [0.15, 0.2) is 12.1 Å². The van der Waals surface area contributed by atoms with Gasteiger partial charge in [-0.3, -0.25) is 4.79 Å². The molecule has 0 saturated carbocycles. The molecule has 7 heteroatoms. The van der Waals surface area contributed by atoms with Crippen molar-refractivity contribution in [3.05, 3.63) is 23.8 Å². The highest BCUT2D eigenvalue weighted by atomic mass is 19.1. The van der Waals surface area contributed by atoms with E-state index in [0.717, 1.165) is 31.6 Å². The topological polar surface area (TPSA) is 56.8 Å². The smallest absolute Gasteiger partial charge is 0.319 e. The first-order chi connectivity index (χ1) is 12.1. The molecular weight excluding hydrogens is 323 g/mol. The lowest BCUT2D eigenvalue weighted by Gasteiger charge is -2.35. The number of pyridine rings is 1. The number of urea groups is 1. The Morgan fingerprint density at radius 3 is 2.40 bits per heavy atom. The van der Waals surface area contributed by atoms with Crippen LogP contribution in [0.1, 0.15) is 31.4 Å². The van der Waals surface area contributed by atoms with E-state index in [-0.39, 0.29) is 17.9 Å². The summed E-state index contributed by atoms with van der Waals surface area (Å²) >= 11 is 0. The zero-order valence-electron chi connectivity index (χ0n) is 14.3. The van der Waals surface area contributed by atoms with Gasteiger partial charge in [-0.05, 0) is 37.8 Å². The van der Waals surface area contributed by atoms with E-state index in [2.05, 4.69) is 4.98 Å². The lowest BCUT2D eigenvalue weighted by atomic mass is 9.95. The van der Waals surface area contributed by atoms with Crippen molar-refractivity contribution in [3.8, 4) is 0 Å². The Balaban J connectivity index is 1.37. The molecule has 1 aromatic rings. The minimum Gasteiger partial charge on any atom is -0.325 e. The molecule has 2 fully saturated rings. The van der Waals surface area contributed by atoms with Gasteiger partial charge in [0.05, 0.1) is 11.4 Å². The number of piperidine rings is 1. The summed E-state index contributed by atoms with van der Waals surface area (Å²) in [5.74, 6) is -0.485. The molecule has 1 aromatic heterocycles. The van der Waals surface area contributed by atoms with E-state index in [1.807, 2.05) is 9.80 Å². The zero-order valence-corrected chi connectivity index (χ0v) is 14.3. The summed E-state index contributed by atoms with van der Waals surface area (Å²) in [5, 5.41) is 0. The van der Waals surface area contributed by atoms with Crippen molar-refractivity contribution in [1.29, 1.82) is 0 Å². The van der Waals surface area contributed by atoms with Crippen LogP contribution in [-0.4, -0.2) is 59.4 Å². The van der Waals surface area contributed by atoms with Crippen molar-refractivity contribution in [1.82, 2.24) is 14.8 Å². The van der Waals surface area contributed by atoms with Crippen molar-refractivity contribution in [3.63, 3.8) is 0 Å². The van der Waals surface area contributed by atoms with E-state index in [1.165, 1.54) is 6.07 Å². The van der Waals surface area contributed by atoms with Crippen molar-refractivity contribution < 1.29 is 14.0 Å². The number of amides is 3. The van der Waals surface area contributed by atoms with E-state index in [1.54, 1.807) is 11.0 Å². The van der Waals surface area contributed by atoms with Crippen molar-refractivity contribution in [2.24, 2.45) is 5.92 Å². The van der Waals surface area contributed by atoms with E-state index >= 15 is 0 Å². The summed E-state index contributed by atoms with van der Waals surface area (Å²) in [7, 11) is 0. The fourth-order valence-corrected chi connectivity index (χ4v) is 4.11. The number of anilines is 1. The summed E-state index contributed by atoms with van der Waals surface area (Å²) < 4.78 is 13.2. The summed E-state index contributed by atoms with van der Waals surface area (Å²) in [6.45, 7) is 3.54. The summed E-state index contributed by atoms with van der Waals surface area (Å²) in [5.41, 5.74) is 1.40. The Labute approximate surface area is 146 Å². The summed E-state index contributed by atoms with van der Waals surface area (Å²) in [6.07, 6.45) is 4.16. The van der Waals surface area contributed by atoms with Gasteiger partial charge in [-0.1, -0.05) is 0 Å². The van der Waals surface area contributed by atoms with Crippen molar-refractivity contribution in [2.75, 3.05) is 37.6 Å². The number of rotatable bonds is 1. The van der Waals surface area contributed by atoms with Crippen LogP contribution in [0.25, 0.3) is 0 Å². The number of aromatic nitrogens is 1. The second kappa shape index (κ2) is 6.61. The number of carbonyl (C=O) groups is 2. The van der Waals surface area contributed by atoms with Crippen LogP contribution in [0.2, 0.25) is 0 Å². The molecule has 3 aliphatic heterocycles. The highest BCUT2D eigenvalue weighted by Gasteiger charge is 2.35. The van der Waals surface area contributed by atoms with Gasteiger partial charge < -0.3 is 14.7 Å². The van der Waals surface area contributed by atoms with Gasteiger partial charge in [0.2, 0.25) is 11.9 Å². The Hall–Kier alpha value is -2.18. The number of likely N-dealkylation sites (tertiary alicyclic amines) is 2. The van der Waals surface area contributed by atoms with Crippen LogP contribution in [-0.2, 0) is 11.2 Å². The van der Waals surface area contributed by atoms with E-state index in [4.69, 9.17) is 0 Å². The fraction of sp³-hybridized carbons (Fsp3) is 0.611. The second-order valence-corrected chi connectivity index (χ2v) is 7.08. The predicted octanol–water partition coefficient (Wildman–Crippen LogP) is 2.04. The molecule has 0 aliphatic carbocycles. The molecule has 4 rings (SSSR count). The number of fused-ring (bicyclic) bond motifs is 1. The summed E-state index contributed by atoms with van der Waals surface area (Å²) in [6, 6.07) is 3.07. The SMILES string of the molecule is O=C(N1CCCC1)N1CCC(C(=O)N2CCc3nc(F)ccc32)CC1. The number of hydrogen-bond donors (Lipinski definition) is 0. The molecule has 25 heavy (non-hydrogen) atoms. The van der Waals surface area contributed by atoms with E-state index in [9.17, 15) is 14.0 Å². The van der Waals surface area contributed by atoms with Gasteiger partial charge in [-0.2, -0.15) is 4.39 Å². The molecule has 0 bridgehead atoms. The number of hydrogen-bond acceptors (Lipinski definition) is 3. The Morgan fingerprint density at radius 1 is 1.00 bits per heavy atom. The zero-order chi connectivity index (χ0) is 17.4. The molecule has 0 aromatic carbocycles. The van der Waals surface area contributed by atoms with Gasteiger partial charge in [0.25, 0.3) is 0 Å². The van der Waals surface area contributed by atoms with Crippen LogP contribution in [0.5, 0.6) is 0 Å².